The van der Waals surface area contributed by atoms with E-state index in [0.29, 0.717) is 18.4 Å². The quantitative estimate of drug-likeness (QED) is 0.814. The van der Waals surface area contributed by atoms with Crippen molar-refractivity contribution >= 4 is 11.9 Å². The highest BCUT2D eigenvalue weighted by Gasteiger charge is 2.94. The summed E-state index contributed by atoms with van der Waals surface area (Å²) in [6, 6.07) is 8.56. The second-order valence-corrected chi connectivity index (χ2v) is 7.55. The van der Waals surface area contributed by atoms with Crippen LogP contribution in [-0.4, -0.2) is 47.6 Å². The minimum absolute atomic E-state index is 0.260. The third-order valence-corrected chi connectivity index (χ3v) is 6.89. The molecule has 4 rings (SSSR count). The Morgan fingerprint density at radius 3 is 2.48 bits per heavy atom. The lowest BCUT2D eigenvalue weighted by Crippen LogP contribution is -2.88. The number of esters is 2. The normalized spacial score (nSPS) is 41.0. The van der Waals surface area contributed by atoms with Gasteiger partial charge >= 0.3 is 11.9 Å². The predicted octanol–water partition coefficient (Wildman–Crippen LogP) is 2.73. The monoisotopic (exact) mass is 376 g/mol. The van der Waals surface area contributed by atoms with Crippen molar-refractivity contribution in [2.45, 2.75) is 57.3 Å². The molecule has 3 aliphatic rings. The lowest BCUT2D eigenvalue weighted by Gasteiger charge is -2.72. The van der Waals surface area contributed by atoms with Crippen molar-refractivity contribution in [1.29, 1.82) is 0 Å². The Kier molecular flexibility index (Phi) is 4.64. The number of fused-ring (bicyclic) bond motifs is 2. The maximum absolute atomic E-state index is 12.8. The van der Waals surface area contributed by atoms with E-state index in [1.807, 2.05) is 27.7 Å². The molecule has 1 aliphatic heterocycles. The van der Waals surface area contributed by atoms with Gasteiger partial charge in [0.15, 0.2) is 5.41 Å². The first kappa shape index (κ1) is 19.8. The van der Waals surface area contributed by atoms with Crippen molar-refractivity contribution in [3.05, 3.63) is 35.9 Å². The molecule has 1 saturated heterocycles. The van der Waals surface area contributed by atoms with E-state index in [1.165, 1.54) is 7.11 Å². The fourth-order valence-corrected chi connectivity index (χ4v) is 5.71. The van der Waals surface area contributed by atoms with Gasteiger partial charge in [0.05, 0.1) is 11.2 Å². The number of hydrogen-bond acceptors (Lipinski definition) is 6. The molecule has 1 aromatic rings. The topological polar surface area (TPSA) is 82.1 Å². The Bertz CT molecular complexity index is 748. The van der Waals surface area contributed by atoms with E-state index in [1.54, 1.807) is 30.3 Å². The van der Waals surface area contributed by atoms with Gasteiger partial charge in [-0.15, -0.1) is 0 Å². The van der Waals surface area contributed by atoms with E-state index in [0.717, 1.165) is 0 Å². The maximum atomic E-state index is 12.8. The largest absolute Gasteiger partial charge is 0.461 e. The summed E-state index contributed by atoms with van der Waals surface area (Å²) < 4.78 is 17.0. The van der Waals surface area contributed by atoms with Crippen LogP contribution in [0.25, 0.3) is 0 Å². The van der Waals surface area contributed by atoms with Gasteiger partial charge in [0.1, 0.15) is 17.8 Å². The standard InChI is InChI=1S/C19H22O6.C2H6/c1-12-18(22)10-9-16(2)19(12,23-3)17(18,15(21)25-16)11-24-14(20)13-7-5-4-6-8-13;1-2/h4-8,12,22H,9-11H2,1-3H3;1-2H3/t12?,16?,17?,18?,19-;/m0./s1. The summed E-state index contributed by atoms with van der Waals surface area (Å²) in [5.41, 5.74) is -4.12. The van der Waals surface area contributed by atoms with Crippen molar-refractivity contribution in [2.75, 3.05) is 13.7 Å². The van der Waals surface area contributed by atoms with Crippen LogP contribution in [0, 0.1) is 11.3 Å². The summed E-state index contributed by atoms with van der Waals surface area (Å²) in [6.45, 7) is 7.44. The van der Waals surface area contributed by atoms with Crippen LogP contribution in [-0.2, 0) is 19.0 Å². The average molecular weight is 376 g/mol. The van der Waals surface area contributed by atoms with Gasteiger partial charge in [0, 0.05) is 13.0 Å². The van der Waals surface area contributed by atoms with Gasteiger partial charge in [0.2, 0.25) is 0 Å². The average Bonchev–Trinajstić information content (AvgIpc) is 2.83. The number of hydrogen-bond donors (Lipinski definition) is 1. The fraction of sp³-hybridized carbons (Fsp3) is 0.619. The van der Waals surface area contributed by atoms with Crippen molar-refractivity contribution in [3.8, 4) is 0 Å². The zero-order valence-electron chi connectivity index (χ0n) is 16.6. The van der Waals surface area contributed by atoms with Crippen molar-refractivity contribution in [3.63, 3.8) is 0 Å². The third kappa shape index (κ3) is 2.03. The molecular weight excluding hydrogens is 348 g/mol. The number of ether oxygens (including phenoxy) is 3. The Morgan fingerprint density at radius 1 is 1.26 bits per heavy atom. The molecule has 0 radical (unpaired) electrons. The van der Waals surface area contributed by atoms with Gasteiger partial charge in [0.25, 0.3) is 0 Å². The predicted molar refractivity (Wildman–Crippen MR) is 98.1 cm³/mol. The van der Waals surface area contributed by atoms with Gasteiger partial charge < -0.3 is 19.3 Å². The molecular formula is C21H28O6. The number of carbonyl (C=O) groups excluding carboxylic acids is 2. The number of rotatable bonds is 4. The molecule has 6 heteroatoms. The van der Waals surface area contributed by atoms with Gasteiger partial charge in [-0.2, -0.15) is 0 Å². The maximum Gasteiger partial charge on any atom is 0.338 e. The highest BCUT2D eigenvalue weighted by molar-refractivity contribution is 5.91. The molecule has 1 heterocycles. The smallest absolute Gasteiger partial charge is 0.338 e. The highest BCUT2D eigenvalue weighted by atomic mass is 16.6. The molecule has 1 N–H and O–H groups in total. The first-order chi connectivity index (χ1) is 12.8. The first-order valence-electron chi connectivity index (χ1n) is 9.52. The van der Waals surface area contributed by atoms with Crippen molar-refractivity contribution in [1.82, 2.24) is 0 Å². The molecule has 1 aromatic carbocycles. The van der Waals surface area contributed by atoms with Crippen LogP contribution in [0.4, 0.5) is 0 Å². The van der Waals surface area contributed by atoms with Crippen LogP contribution in [0.3, 0.4) is 0 Å². The minimum atomic E-state index is -1.38. The van der Waals surface area contributed by atoms with Crippen LogP contribution < -0.4 is 0 Å². The molecule has 4 unspecified atom stereocenters. The molecule has 0 spiro atoms. The summed E-state index contributed by atoms with van der Waals surface area (Å²) in [4.78, 5) is 25.2. The van der Waals surface area contributed by atoms with E-state index >= 15 is 0 Å². The Morgan fingerprint density at radius 2 is 1.89 bits per heavy atom. The number of aliphatic hydroxyl groups is 1. The molecule has 3 fully saturated rings. The summed E-state index contributed by atoms with van der Waals surface area (Å²) in [6.07, 6.45) is 0.923. The molecule has 148 valence electrons. The Labute approximate surface area is 159 Å². The first-order valence-corrected chi connectivity index (χ1v) is 9.52. The summed E-state index contributed by atoms with van der Waals surface area (Å²) in [5.74, 6) is -1.38. The van der Waals surface area contributed by atoms with Crippen molar-refractivity contribution < 1.29 is 28.9 Å². The molecule has 5 atom stereocenters. The Balaban J connectivity index is 0.00000102. The fourth-order valence-electron chi connectivity index (χ4n) is 5.71. The molecule has 2 bridgehead atoms. The van der Waals surface area contributed by atoms with Crippen LogP contribution in [0.15, 0.2) is 30.3 Å². The third-order valence-electron chi connectivity index (χ3n) is 6.89. The SMILES string of the molecule is CC.CO[C@@]12C(C)C3(O)CCC1(C)OC(=O)C32COC(=O)c1ccccc1. The van der Waals surface area contributed by atoms with Crippen LogP contribution >= 0.6 is 0 Å². The Hall–Kier alpha value is -1.92. The van der Waals surface area contributed by atoms with E-state index in [9.17, 15) is 14.7 Å². The van der Waals surface area contributed by atoms with Gasteiger partial charge in [-0.05, 0) is 31.9 Å². The minimum Gasteiger partial charge on any atom is -0.461 e. The highest BCUT2D eigenvalue weighted by Crippen LogP contribution is 2.77. The van der Waals surface area contributed by atoms with Crippen LogP contribution in [0.1, 0.15) is 50.9 Å². The van der Waals surface area contributed by atoms with E-state index < -0.39 is 34.2 Å². The second-order valence-electron chi connectivity index (χ2n) is 7.55. The van der Waals surface area contributed by atoms with Crippen molar-refractivity contribution in [2.24, 2.45) is 11.3 Å². The number of carbonyl (C=O) groups is 2. The lowest BCUT2D eigenvalue weighted by atomic mass is 9.34. The van der Waals surface area contributed by atoms with E-state index in [2.05, 4.69) is 0 Å². The summed E-state index contributed by atoms with van der Waals surface area (Å²) in [5, 5.41) is 11.2. The van der Waals surface area contributed by atoms with Crippen LogP contribution in [0.2, 0.25) is 0 Å². The van der Waals surface area contributed by atoms with E-state index in [-0.39, 0.29) is 12.5 Å². The van der Waals surface area contributed by atoms with Gasteiger partial charge in [-0.25, -0.2) is 4.79 Å². The molecule has 27 heavy (non-hydrogen) atoms. The number of benzene rings is 1. The zero-order valence-corrected chi connectivity index (χ0v) is 16.6. The molecule has 2 saturated carbocycles. The molecule has 6 nitrogen and oxygen atoms in total. The van der Waals surface area contributed by atoms with Gasteiger partial charge in [-0.1, -0.05) is 39.0 Å². The summed E-state index contributed by atoms with van der Waals surface area (Å²) in [7, 11) is 1.52. The summed E-state index contributed by atoms with van der Waals surface area (Å²) >= 11 is 0. The molecule has 0 amide bonds. The van der Waals surface area contributed by atoms with Crippen LogP contribution in [0.5, 0.6) is 0 Å². The lowest BCUT2D eigenvalue weighted by molar-refractivity contribution is -0.379. The zero-order chi connectivity index (χ0) is 20.1. The molecule has 2 aliphatic carbocycles. The second kappa shape index (κ2) is 6.31. The van der Waals surface area contributed by atoms with Gasteiger partial charge in [-0.3, -0.25) is 4.79 Å². The number of methoxy groups -OCH3 is 1. The van der Waals surface area contributed by atoms with E-state index in [4.69, 9.17) is 14.2 Å². The molecule has 0 aromatic heterocycles.